The van der Waals surface area contributed by atoms with Crippen LogP contribution in [-0.4, -0.2) is 28.2 Å². The maximum absolute atomic E-state index is 12.6. The van der Waals surface area contributed by atoms with Crippen molar-refractivity contribution in [3.8, 4) is 11.3 Å². The minimum absolute atomic E-state index is 0.240. The van der Waals surface area contributed by atoms with E-state index in [0.717, 1.165) is 23.2 Å². The number of nitrogens with one attached hydrogen (secondary N) is 1. The zero-order valence-corrected chi connectivity index (χ0v) is 16.3. The third kappa shape index (κ3) is 3.46. The van der Waals surface area contributed by atoms with Crippen LogP contribution in [0.15, 0.2) is 65.6 Å². The average molecular weight is 393 g/mol. The van der Waals surface area contributed by atoms with Crippen molar-refractivity contribution in [3.05, 3.63) is 72.1 Å². The van der Waals surface area contributed by atoms with Crippen molar-refractivity contribution >= 4 is 21.4 Å². The van der Waals surface area contributed by atoms with E-state index in [4.69, 9.17) is 0 Å². The number of hydrogen-bond donors (Lipinski definition) is 1. The maximum Gasteiger partial charge on any atom is 0.261 e. The summed E-state index contributed by atoms with van der Waals surface area (Å²) < 4.78 is 29.4. The molecular formula is C20H19N5O2S. The van der Waals surface area contributed by atoms with Crippen molar-refractivity contribution in [1.82, 2.24) is 19.8 Å². The first-order valence-electron chi connectivity index (χ1n) is 8.87. The number of nitrogens with zero attached hydrogens (tertiary/aromatic N) is 4. The van der Waals surface area contributed by atoms with Gasteiger partial charge in [-0.25, -0.2) is 8.42 Å². The third-order valence-electron chi connectivity index (χ3n) is 4.49. The Morgan fingerprint density at radius 1 is 0.929 bits per heavy atom. The number of sulfonamides is 1. The highest BCUT2D eigenvalue weighted by molar-refractivity contribution is 7.92. The Morgan fingerprint density at radius 3 is 2.32 bits per heavy atom. The van der Waals surface area contributed by atoms with Crippen LogP contribution in [0.1, 0.15) is 18.3 Å². The second-order valence-corrected chi connectivity index (χ2v) is 8.10. The lowest BCUT2D eigenvalue weighted by Gasteiger charge is -2.09. The van der Waals surface area contributed by atoms with Gasteiger partial charge in [-0.1, -0.05) is 31.2 Å². The lowest BCUT2D eigenvalue weighted by atomic mass is 10.1. The van der Waals surface area contributed by atoms with Gasteiger partial charge in [0.15, 0.2) is 11.5 Å². The fourth-order valence-corrected chi connectivity index (χ4v) is 3.94. The first kappa shape index (κ1) is 18.1. The van der Waals surface area contributed by atoms with Gasteiger partial charge in [0.1, 0.15) is 0 Å². The van der Waals surface area contributed by atoms with Crippen molar-refractivity contribution < 1.29 is 8.42 Å². The Balaban J connectivity index is 1.57. The van der Waals surface area contributed by atoms with Crippen molar-refractivity contribution in [2.45, 2.75) is 25.2 Å². The number of hydrogen-bond acceptors (Lipinski definition) is 5. The predicted molar refractivity (Wildman–Crippen MR) is 108 cm³/mol. The average Bonchev–Trinajstić information content (AvgIpc) is 3.09. The molecule has 0 spiro atoms. The van der Waals surface area contributed by atoms with Crippen LogP contribution in [-0.2, 0) is 16.4 Å². The molecule has 2 aromatic heterocycles. The SMILES string of the molecule is CCc1ccc(S(=O)(=O)Nc2ccc(-c3ccc4nnc(C)n4n3)cc2)cc1. The Morgan fingerprint density at radius 2 is 1.64 bits per heavy atom. The van der Waals surface area contributed by atoms with E-state index in [9.17, 15) is 8.42 Å². The molecule has 7 nitrogen and oxygen atoms in total. The lowest BCUT2D eigenvalue weighted by Crippen LogP contribution is -2.12. The summed E-state index contributed by atoms with van der Waals surface area (Å²) in [4.78, 5) is 0.240. The molecule has 2 heterocycles. The van der Waals surface area contributed by atoms with Crippen molar-refractivity contribution in [1.29, 1.82) is 0 Å². The molecular weight excluding hydrogens is 374 g/mol. The summed E-state index contributed by atoms with van der Waals surface area (Å²) in [5.41, 5.74) is 3.88. The molecule has 0 aliphatic rings. The van der Waals surface area contributed by atoms with Crippen LogP contribution in [0.4, 0.5) is 5.69 Å². The molecule has 0 unspecified atom stereocenters. The maximum atomic E-state index is 12.6. The van der Waals surface area contributed by atoms with E-state index in [1.807, 2.05) is 50.2 Å². The summed E-state index contributed by atoms with van der Waals surface area (Å²) in [5.74, 6) is 0.704. The van der Waals surface area contributed by atoms with Crippen LogP contribution in [0.3, 0.4) is 0 Å². The Bertz CT molecular complexity index is 1230. The summed E-state index contributed by atoms with van der Waals surface area (Å²) in [7, 11) is -3.63. The molecule has 142 valence electrons. The van der Waals surface area contributed by atoms with Crippen molar-refractivity contribution in [2.75, 3.05) is 4.72 Å². The van der Waals surface area contributed by atoms with Gasteiger partial charge in [0.05, 0.1) is 10.6 Å². The van der Waals surface area contributed by atoms with Crippen molar-refractivity contribution in [3.63, 3.8) is 0 Å². The van der Waals surface area contributed by atoms with Gasteiger partial charge in [-0.05, 0) is 55.3 Å². The topological polar surface area (TPSA) is 89.2 Å². The number of aryl methyl sites for hydroxylation is 2. The van der Waals surface area contributed by atoms with Gasteiger partial charge in [-0.15, -0.1) is 10.2 Å². The first-order valence-corrected chi connectivity index (χ1v) is 10.4. The normalized spacial score (nSPS) is 11.6. The fourth-order valence-electron chi connectivity index (χ4n) is 2.88. The molecule has 0 saturated carbocycles. The highest BCUT2D eigenvalue weighted by Crippen LogP contribution is 2.22. The summed E-state index contributed by atoms with van der Waals surface area (Å²) in [6, 6.07) is 17.7. The van der Waals surface area contributed by atoms with E-state index < -0.39 is 10.0 Å². The fraction of sp³-hybridized carbons (Fsp3) is 0.150. The highest BCUT2D eigenvalue weighted by atomic mass is 32.2. The summed E-state index contributed by atoms with van der Waals surface area (Å²) in [6.45, 7) is 3.86. The van der Waals surface area contributed by atoms with E-state index in [2.05, 4.69) is 20.0 Å². The van der Waals surface area contributed by atoms with Crippen LogP contribution >= 0.6 is 0 Å². The summed E-state index contributed by atoms with van der Waals surface area (Å²) >= 11 is 0. The molecule has 1 N–H and O–H groups in total. The van der Waals surface area contributed by atoms with Gasteiger partial charge in [-0.2, -0.15) is 9.61 Å². The van der Waals surface area contributed by atoms with Gasteiger partial charge in [0.25, 0.3) is 10.0 Å². The van der Waals surface area contributed by atoms with E-state index in [1.54, 1.807) is 28.8 Å². The molecule has 4 rings (SSSR count). The zero-order valence-electron chi connectivity index (χ0n) is 15.5. The van der Waals surface area contributed by atoms with Crippen molar-refractivity contribution in [2.24, 2.45) is 0 Å². The second-order valence-electron chi connectivity index (χ2n) is 6.42. The Kier molecular flexibility index (Phi) is 4.56. The summed E-state index contributed by atoms with van der Waals surface area (Å²) in [5, 5.41) is 12.5. The molecule has 0 atom stereocenters. The smallest absolute Gasteiger partial charge is 0.261 e. The number of anilines is 1. The Hall–Kier alpha value is -3.26. The minimum atomic E-state index is -3.63. The van der Waals surface area contributed by atoms with E-state index in [-0.39, 0.29) is 4.90 Å². The molecule has 0 radical (unpaired) electrons. The minimum Gasteiger partial charge on any atom is -0.280 e. The molecule has 0 fully saturated rings. The largest absolute Gasteiger partial charge is 0.280 e. The molecule has 28 heavy (non-hydrogen) atoms. The van der Waals surface area contributed by atoms with Gasteiger partial charge >= 0.3 is 0 Å². The second kappa shape index (κ2) is 7.05. The zero-order chi connectivity index (χ0) is 19.7. The number of rotatable bonds is 5. The van der Waals surface area contributed by atoms with Crippen LogP contribution < -0.4 is 4.72 Å². The molecule has 0 bridgehead atoms. The molecule has 0 aliphatic carbocycles. The first-order chi connectivity index (χ1) is 13.5. The molecule has 0 saturated heterocycles. The van der Waals surface area contributed by atoms with Crippen LogP contribution in [0, 0.1) is 6.92 Å². The Labute approximate surface area is 163 Å². The number of fused-ring (bicyclic) bond motifs is 1. The standard InChI is InChI=1S/C20H19N5O2S/c1-3-15-4-10-18(11-5-15)28(26,27)24-17-8-6-16(7-9-17)19-12-13-20-22-21-14(2)25(20)23-19/h4-13,24H,3H2,1-2H3. The summed E-state index contributed by atoms with van der Waals surface area (Å²) in [6.07, 6.45) is 0.865. The van der Waals surface area contributed by atoms with Gasteiger partial charge in [0, 0.05) is 11.3 Å². The number of aromatic nitrogens is 4. The van der Waals surface area contributed by atoms with E-state index in [0.29, 0.717) is 17.2 Å². The molecule has 2 aromatic carbocycles. The monoisotopic (exact) mass is 393 g/mol. The van der Waals surface area contributed by atoms with Crippen LogP contribution in [0.5, 0.6) is 0 Å². The van der Waals surface area contributed by atoms with Gasteiger partial charge in [0.2, 0.25) is 0 Å². The van der Waals surface area contributed by atoms with E-state index in [1.165, 1.54) is 0 Å². The van der Waals surface area contributed by atoms with Crippen LogP contribution in [0.25, 0.3) is 16.9 Å². The molecule has 8 heteroatoms. The lowest BCUT2D eigenvalue weighted by molar-refractivity contribution is 0.601. The van der Waals surface area contributed by atoms with Gasteiger partial charge < -0.3 is 0 Å². The number of benzene rings is 2. The van der Waals surface area contributed by atoms with E-state index >= 15 is 0 Å². The molecule has 0 aliphatic heterocycles. The molecule has 0 amide bonds. The highest BCUT2D eigenvalue weighted by Gasteiger charge is 2.14. The van der Waals surface area contributed by atoms with Gasteiger partial charge in [-0.3, -0.25) is 4.72 Å². The quantitative estimate of drug-likeness (QED) is 0.561. The van der Waals surface area contributed by atoms with Crippen LogP contribution in [0.2, 0.25) is 0 Å². The predicted octanol–water partition coefficient (Wildman–Crippen LogP) is 3.46. The molecule has 4 aromatic rings. The third-order valence-corrected chi connectivity index (χ3v) is 5.89.